The summed E-state index contributed by atoms with van der Waals surface area (Å²) in [5.74, 6) is 3.32. The van der Waals surface area contributed by atoms with Crippen molar-refractivity contribution in [2.75, 3.05) is 110 Å². The van der Waals surface area contributed by atoms with Crippen LogP contribution in [0.4, 0.5) is 0 Å². The molecular formula is C80H116N8O2S8. The van der Waals surface area contributed by atoms with Gasteiger partial charge >= 0.3 is 0 Å². The van der Waals surface area contributed by atoms with Crippen LogP contribution in [0.1, 0.15) is 238 Å². The van der Waals surface area contributed by atoms with Gasteiger partial charge in [0.1, 0.15) is 0 Å². The maximum absolute atomic E-state index is 9.56. The molecule has 0 aromatic carbocycles. The van der Waals surface area contributed by atoms with Gasteiger partial charge in [0.15, 0.2) is 0 Å². The van der Waals surface area contributed by atoms with E-state index in [-0.39, 0.29) is 6.10 Å². The van der Waals surface area contributed by atoms with Gasteiger partial charge < -0.3 is 26.2 Å². The average Bonchev–Trinajstić information content (AvgIpc) is 1.65. The van der Waals surface area contributed by atoms with E-state index in [1.54, 1.807) is 52.2 Å². The van der Waals surface area contributed by atoms with E-state index in [9.17, 15) is 5.11 Å². The van der Waals surface area contributed by atoms with Crippen molar-refractivity contribution in [3.8, 4) is 0 Å². The van der Waals surface area contributed by atoms with Gasteiger partial charge in [-0.3, -0.25) is 24.5 Å². The number of nitrogens with zero attached hydrogens (tertiary/aromatic N) is 6. The van der Waals surface area contributed by atoms with Crippen LogP contribution in [0.2, 0.25) is 0 Å². The molecule has 0 spiro atoms. The second-order valence-electron chi connectivity index (χ2n) is 29.7. The van der Waals surface area contributed by atoms with Crippen molar-refractivity contribution in [1.29, 1.82) is 0 Å². The smallest absolute Gasteiger partial charge is 0.0594 e. The van der Waals surface area contributed by atoms with Crippen LogP contribution < -0.4 is 11.5 Å². The van der Waals surface area contributed by atoms with Gasteiger partial charge in [0.2, 0.25) is 0 Å². The third-order valence-electron chi connectivity index (χ3n) is 23.5. The highest BCUT2D eigenvalue weighted by Gasteiger charge is 2.34. The zero-order chi connectivity index (χ0) is 67.0. The highest BCUT2D eigenvalue weighted by atomic mass is 32.2. The number of hydrogen-bond donors (Lipinski definition) is 3. The van der Waals surface area contributed by atoms with Crippen LogP contribution in [0.5, 0.6) is 0 Å². The standard InChI is InChI=1S/C13H20N2S.C13H19NOS.C13H19NS.C12H17NOS.C12H17NS2.C9H13NS.C8H11NS/c1-14-6-8-15(9-7-14)12-3-2-4-13-11(12)5-10-16-13;15-10-4-7-14(8-5-10)12-2-1-3-13-11(12)6-9-16-13;1-2-8-14(9-3-1)12-5-4-6-13-11(12)7-10-15-13;1-2-11(13-5-7-14-8-6-13)10-4-9-15-12(10)3-1;1-2-11(13-5-8-14-9-6-13)10-4-7-15-12(10)3-1;1-6-2-3-8-7(9(6)10)4-5-11-8;9-7-2-1-3-8-6(7)4-5-10-8/h5,10,12H,2-4,6-9H2,1H3;6,9-10,12,15H,1-5,7-8H2;7,10,12H,1-6,8-9H2;4,9,11H,1-3,5-8H2;4,7,11H,1-3,5-6,8-9H2;4-6,9H,2-3,10H2,1H3;4-5,7H,1-3,9H2. The van der Waals surface area contributed by atoms with Crippen LogP contribution in [0.15, 0.2) is 80.1 Å². The van der Waals surface area contributed by atoms with Crippen molar-refractivity contribution in [2.24, 2.45) is 17.4 Å². The van der Waals surface area contributed by atoms with E-state index in [0.29, 0.717) is 30.1 Å². The van der Waals surface area contributed by atoms with Gasteiger partial charge in [-0.25, -0.2) is 0 Å². The highest BCUT2D eigenvalue weighted by molar-refractivity contribution is 7.99. The summed E-state index contributed by atoms with van der Waals surface area (Å²) in [5, 5.41) is 25.2. The molecule has 0 bridgehead atoms. The summed E-state index contributed by atoms with van der Waals surface area (Å²) in [7, 11) is 2.23. The summed E-state index contributed by atoms with van der Waals surface area (Å²) in [6, 6.07) is 20.3. The number of fused-ring (bicyclic) bond motifs is 7. The van der Waals surface area contributed by atoms with E-state index in [0.717, 1.165) is 70.4 Å². The number of piperidine rings is 2. The maximum atomic E-state index is 9.56. The Morgan fingerprint density at radius 2 is 0.684 bits per heavy atom. The lowest BCUT2D eigenvalue weighted by atomic mass is 9.86. The molecule has 5 N–H and O–H groups in total. The monoisotopic (exact) mass is 1480 g/mol. The predicted molar refractivity (Wildman–Crippen MR) is 426 cm³/mol. The van der Waals surface area contributed by atoms with Crippen LogP contribution in [-0.2, 0) is 49.7 Å². The summed E-state index contributed by atoms with van der Waals surface area (Å²) in [4.78, 5) is 27.0. The van der Waals surface area contributed by atoms with Crippen LogP contribution in [0, 0.1) is 5.92 Å². The van der Waals surface area contributed by atoms with E-state index in [1.165, 1.54) is 232 Å². The molecule has 10 nitrogen and oxygen atoms in total. The topological polar surface area (TPSA) is 101 Å². The Labute approximate surface area is 621 Å². The summed E-state index contributed by atoms with van der Waals surface area (Å²) in [6.45, 7) is 18.6. The lowest BCUT2D eigenvalue weighted by Gasteiger charge is -2.39. The van der Waals surface area contributed by atoms with Gasteiger partial charge in [-0.2, -0.15) is 11.8 Å². The number of likely N-dealkylation sites (N-methyl/N-ethyl adjacent to an activating group) is 1. The first-order valence-corrected chi connectivity index (χ1v) is 45.7. The Hall–Kier alpha value is -2.15. The lowest BCUT2D eigenvalue weighted by Crippen LogP contribution is -2.46. The minimum absolute atomic E-state index is 0.0539. The molecule has 98 heavy (non-hydrogen) atoms. The fraction of sp³-hybridized carbons (Fsp3) is 0.650. The molecule has 19 rings (SSSR count). The molecule has 7 aliphatic carbocycles. The molecule has 0 amide bonds. The third kappa shape index (κ3) is 19.3. The number of aryl methyl sites for hydroxylation is 7. The zero-order valence-corrected chi connectivity index (χ0v) is 65.8. The quantitative estimate of drug-likeness (QED) is 0.154. The van der Waals surface area contributed by atoms with Crippen molar-refractivity contribution in [3.63, 3.8) is 0 Å². The Morgan fingerprint density at radius 1 is 0.347 bits per heavy atom. The summed E-state index contributed by atoms with van der Waals surface area (Å²) >= 11 is 15.5. The Bertz CT molecular complexity index is 3190. The van der Waals surface area contributed by atoms with Crippen LogP contribution in [0.25, 0.3) is 0 Å². The number of nitrogens with two attached hydrogens (primary N) is 2. The molecule has 7 aromatic rings. The Kier molecular flexibility index (Phi) is 28.5. The number of thioether (sulfide) groups is 1. The molecule has 8 atom stereocenters. The zero-order valence-electron chi connectivity index (χ0n) is 59.2. The van der Waals surface area contributed by atoms with Crippen LogP contribution in [0.3, 0.4) is 0 Å². The number of aliphatic hydroxyl groups excluding tert-OH is 1. The molecule has 0 saturated carbocycles. The minimum atomic E-state index is -0.0539. The van der Waals surface area contributed by atoms with Crippen molar-refractivity contribution in [1.82, 2.24) is 29.4 Å². The van der Waals surface area contributed by atoms with Gasteiger partial charge in [0.05, 0.1) is 19.3 Å². The number of hydrogen-bond acceptors (Lipinski definition) is 18. The number of ether oxygens (including phenoxy) is 1. The van der Waals surface area contributed by atoms with Crippen molar-refractivity contribution >= 4 is 91.1 Å². The second-order valence-corrected chi connectivity index (χ2v) is 37.9. The predicted octanol–water partition coefficient (Wildman–Crippen LogP) is 18.6. The van der Waals surface area contributed by atoms with Crippen molar-refractivity contribution < 1.29 is 9.84 Å². The number of aliphatic hydroxyl groups is 1. The second kappa shape index (κ2) is 37.7. The van der Waals surface area contributed by atoms with E-state index in [4.69, 9.17) is 16.2 Å². The van der Waals surface area contributed by atoms with E-state index >= 15 is 0 Å². The molecule has 7 aromatic heterocycles. The molecule has 5 saturated heterocycles. The maximum Gasteiger partial charge on any atom is 0.0594 e. The molecule has 8 unspecified atom stereocenters. The SMILES string of the molecule is CC1CCc2sccc2C1N.CN1CCN(C2CCCc3sccc32)CC1.NC1CCCc2sccc21.OC1CCN(C2CCCc3sccc32)CC1.c1cc2c(s1)CCCC2N1CCCCC1.c1cc2c(s1)CCCC2N1CCOCC1.c1cc2c(s1)CCCC2N1CCSCC1. The molecule has 536 valence electrons. The normalized spacial score (nSPS) is 27.6. The van der Waals surface area contributed by atoms with Gasteiger partial charge in [-0.15, -0.1) is 79.4 Å². The average molecular weight is 1480 g/mol. The van der Waals surface area contributed by atoms with Gasteiger partial charge in [-0.05, 0) is 299 Å². The summed E-state index contributed by atoms with van der Waals surface area (Å²) < 4.78 is 5.42. The first kappa shape index (κ1) is 74.1. The first-order valence-electron chi connectivity index (χ1n) is 38.4. The first-order chi connectivity index (χ1) is 48.2. The number of piperazine rings is 1. The summed E-state index contributed by atoms with van der Waals surface area (Å²) in [5.41, 5.74) is 22.9. The van der Waals surface area contributed by atoms with Gasteiger partial charge in [0, 0.05) is 153 Å². The fourth-order valence-corrected chi connectivity index (χ4v) is 25.6. The molecule has 18 heteroatoms. The summed E-state index contributed by atoms with van der Waals surface area (Å²) in [6.07, 6.45) is 32.5. The molecular weight excluding hydrogens is 1360 g/mol. The number of thiophene rings is 7. The minimum Gasteiger partial charge on any atom is -0.393 e. The van der Waals surface area contributed by atoms with E-state index in [1.807, 2.05) is 79.4 Å². The third-order valence-corrected chi connectivity index (χ3v) is 31.4. The highest BCUT2D eigenvalue weighted by Crippen LogP contribution is 2.44. The largest absolute Gasteiger partial charge is 0.393 e. The van der Waals surface area contributed by atoms with E-state index < -0.39 is 0 Å². The van der Waals surface area contributed by atoms with Crippen LogP contribution >= 0.6 is 91.1 Å². The van der Waals surface area contributed by atoms with E-state index in [2.05, 4.69) is 135 Å². The molecule has 12 aliphatic rings. The van der Waals surface area contributed by atoms with Gasteiger partial charge in [-0.1, -0.05) is 13.3 Å². The van der Waals surface area contributed by atoms with Gasteiger partial charge in [0.25, 0.3) is 0 Å². The molecule has 5 fully saturated rings. The number of rotatable bonds is 5. The van der Waals surface area contributed by atoms with Crippen molar-refractivity contribution in [3.05, 3.63) is 153 Å². The lowest BCUT2D eigenvalue weighted by molar-refractivity contribution is 0.0126. The Morgan fingerprint density at radius 3 is 1.10 bits per heavy atom. The van der Waals surface area contributed by atoms with Crippen molar-refractivity contribution in [2.45, 2.75) is 216 Å². The number of likely N-dealkylation sites (tertiary alicyclic amines) is 2. The Balaban J connectivity index is 0.000000103. The number of morpholine rings is 1. The van der Waals surface area contributed by atoms with Crippen LogP contribution in [-0.4, -0.2) is 151 Å². The molecule has 5 aliphatic heterocycles. The molecule has 0 radical (unpaired) electrons. The molecule has 12 heterocycles. The fourth-order valence-electron chi connectivity index (χ4n) is 17.8.